The predicted octanol–water partition coefficient (Wildman–Crippen LogP) is 2.00. The van der Waals surface area contributed by atoms with Crippen LogP contribution in [-0.2, 0) is 16.4 Å². The number of sulfonamides is 1. The van der Waals surface area contributed by atoms with Crippen LogP contribution in [0.4, 0.5) is 5.69 Å². The summed E-state index contributed by atoms with van der Waals surface area (Å²) in [6.45, 7) is 1.90. The summed E-state index contributed by atoms with van der Waals surface area (Å²) in [5.41, 5.74) is 2.47. The molecular formula is C16H15N3O3S. The van der Waals surface area contributed by atoms with Crippen LogP contribution in [-0.4, -0.2) is 24.4 Å². The summed E-state index contributed by atoms with van der Waals surface area (Å²) in [5, 5.41) is 0. The van der Waals surface area contributed by atoms with Gasteiger partial charge in [0.05, 0.1) is 21.6 Å². The standard InChI is InChI=1S/C16H15N3O3S/c1-10-8-11-4-2-3-5-15(11)19(10)23(21,22)12-6-7-13-14(9-12)18-16(20)17-13/h2-7,9-10H,8H2,1H3,(H2,17,18,20)/t10-/m0/s1. The van der Waals surface area contributed by atoms with E-state index in [0.29, 0.717) is 17.5 Å². The summed E-state index contributed by atoms with van der Waals surface area (Å²) in [5.74, 6) is 0. The van der Waals surface area contributed by atoms with Crippen LogP contribution in [0.2, 0.25) is 0 Å². The van der Waals surface area contributed by atoms with E-state index in [9.17, 15) is 13.2 Å². The lowest BCUT2D eigenvalue weighted by atomic mass is 10.1. The molecule has 0 saturated carbocycles. The van der Waals surface area contributed by atoms with Crippen molar-refractivity contribution < 1.29 is 8.42 Å². The molecule has 7 heteroatoms. The van der Waals surface area contributed by atoms with Gasteiger partial charge in [-0.3, -0.25) is 4.31 Å². The number of hydrogen-bond acceptors (Lipinski definition) is 3. The molecule has 0 spiro atoms. The quantitative estimate of drug-likeness (QED) is 0.754. The Morgan fingerprint density at radius 1 is 1.09 bits per heavy atom. The Labute approximate surface area is 132 Å². The van der Waals surface area contributed by atoms with Crippen molar-refractivity contribution in [3.8, 4) is 0 Å². The van der Waals surface area contributed by atoms with Crippen molar-refractivity contribution in [1.82, 2.24) is 9.97 Å². The highest BCUT2D eigenvalue weighted by Gasteiger charge is 2.35. The molecule has 1 aliphatic rings. The Bertz CT molecular complexity index is 1070. The second-order valence-corrected chi connectivity index (χ2v) is 7.58. The molecule has 0 radical (unpaired) electrons. The SMILES string of the molecule is C[C@H]1Cc2ccccc2N1S(=O)(=O)c1ccc2[nH]c(=O)[nH]c2c1. The first kappa shape index (κ1) is 14.1. The fraction of sp³-hybridized carbons (Fsp3) is 0.188. The zero-order valence-electron chi connectivity index (χ0n) is 12.4. The van der Waals surface area contributed by atoms with Gasteiger partial charge in [0.25, 0.3) is 10.0 Å². The van der Waals surface area contributed by atoms with Crippen molar-refractivity contribution in [3.05, 3.63) is 58.5 Å². The van der Waals surface area contributed by atoms with Gasteiger partial charge in [0.1, 0.15) is 0 Å². The van der Waals surface area contributed by atoms with Crippen LogP contribution < -0.4 is 9.99 Å². The molecular weight excluding hydrogens is 314 g/mol. The summed E-state index contributed by atoms with van der Waals surface area (Å²) < 4.78 is 27.6. The number of aromatic amines is 2. The highest BCUT2D eigenvalue weighted by Crippen LogP contribution is 2.36. The van der Waals surface area contributed by atoms with E-state index in [1.165, 1.54) is 16.4 Å². The lowest BCUT2D eigenvalue weighted by Gasteiger charge is -2.24. The van der Waals surface area contributed by atoms with Crippen LogP contribution in [0.25, 0.3) is 11.0 Å². The Balaban J connectivity index is 1.87. The van der Waals surface area contributed by atoms with Crippen molar-refractivity contribution in [1.29, 1.82) is 0 Å². The monoisotopic (exact) mass is 329 g/mol. The van der Waals surface area contributed by atoms with Gasteiger partial charge in [-0.2, -0.15) is 0 Å². The van der Waals surface area contributed by atoms with E-state index in [0.717, 1.165) is 11.3 Å². The van der Waals surface area contributed by atoms with Crippen molar-refractivity contribution in [3.63, 3.8) is 0 Å². The largest absolute Gasteiger partial charge is 0.323 e. The topological polar surface area (TPSA) is 86.0 Å². The normalized spacial score (nSPS) is 17.6. The Kier molecular flexibility index (Phi) is 2.89. The van der Waals surface area contributed by atoms with Crippen molar-refractivity contribution in [2.45, 2.75) is 24.3 Å². The molecule has 4 rings (SSSR count). The van der Waals surface area contributed by atoms with Gasteiger partial charge in [0, 0.05) is 6.04 Å². The van der Waals surface area contributed by atoms with E-state index in [1.54, 1.807) is 6.07 Å². The first-order chi connectivity index (χ1) is 11.0. The van der Waals surface area contributed by atoms with Crippen molar-refractivity contribution in [2.24, 2.45) is 0 Å². The van der Waals surface area contributed by atoms with Gasteiger partial charge in [-0.15, -0.1) is 0 Å². The summed E-state index contributed by atoms with van der Waals surface area (Å²) in [4.78, 5) is 16.7. The summed E-state index contributed by atoms with van der Waals surface area (Å²) in [6.07, 6.45) is 0.693. The van der Waals surface area contributed by atoms with E-state index in [1.807, 2.05) is 31.2 Å². The lowest BCUT2D eigenvalue weighted by molar-refractivity contribution is 0.584. The number of hydrogen-bond donors (Lipinski definition) is 2. The van der Waals surface area contributed by atoms with E-state index in [4.69, 9.17) is 0 Å². The Hall–Kier alpha value is -2.54. The number of imidazole rings is 1. The molecule has 1 aliphatic heterocycles. The molecule has 6 nitrogen and oxygen atoms in total. The van der Waals surface area contributed by atoms with Crippen LogP contribution in [0, 0.1) is 0 Å². The summed E-state index contributed by atoms with van der Waals surface area (Å²) >= 11 is 0. The molecule has 1 aromatic heterocycles. The first-order valence-electron chi connectivity index (χ1n) is 7.31. The van der Waals surface area contributed by atoms with Gasteiger partial charge in [0.15, 0.2) is 0 Å². The van der Waals surface area contributed by atoms with E-state index in [-0.39, 0.29) is 16.6 Å². The number of benzene rings is 2. The molecule has 0 aliphatic carbocycles. The van der Waals surface area contributed by atoms with Gasteiger partial charge < -0.3 is 9.97 Å². The number of rotatable bonds is 2. The van der Waals surface area contributed by atoms with Gasteiger partial charge in [0.2, 0.25) is 0 Å². The molecule has 2 N–H and O–H groups in total. The van der Waals surface area contributed by atoms with E-state index < -0.39 is 10.0 Å². The summed E-state index contributed by atoms with van der Waals surface area (Å²) in [7, 11) is -3.69. The molecule has 0 unspecified atom stereocenters. The highest BCUT2D eigenvalue weighted by molar-refractivity contribution is 7.92. The third-order valence-corrected chi connectivity index (χ3v) is 6.11. The van der Waals surface area contributed by atoms with Crippen molar-refractivity contribution in [2.75, 3.05) is 4.31 Å². The fourth-order valence-electron chi connectivity index (χ4n) is 3.19. The fourth-order valence-corrected chi connectivity index (χ4v) is 4.91. The molecule has 2 heterocycles. The van der Waals surface area contributed by atoms with E-state index >= 15 is 0 Å². The Morgan fingerprint density at radius 3 is 2.65 bits per heavy atom. The smallest absolute Gasteiger partial charge is 0.306 e. The van der Waals surface area contributed by atoms with Crippen molar-refractivity contribution >= 4 is 26.7 Å². The van der Waals surface area contributed by atoms with Gasteiger partial charge in [-0.05, 0) is 43.2 Å². The average Bonchev–Trinajstić information content (AvgIpc) is 3.04. The number of para-hydroxylation sites is 1. The van der Waals surface area contributed by atoms with Crippen LogP contribution in [0.5, 0.6) is 0 Å². The molecule has 0 saturated heterocycles. The molecule has 3 aromatic rings. The van der Waals surface area contributed by atoms with Crippen LogP contribution >= 0.6 is 0 Å². The average molecular weight is 329 g/mol. The number of nitrogens with one attached hydrogen (secondary N) is 2. The number of fused-ring (bicyclic) bond motifs is 2. The molecule has 2 aromatic carbocycles. The molecule has 0 fully saturated rings. The Morgan fingerprint density at radius 2 is 1.83 bits per heavy atom. The minimum atomic E-state index is -3.69. The lowest BCUT2D eigenvalue weighted by Crippen LogP contribution is -2.35. The zero-order valence-corrected chi connectivity index (χ0v) is 13.2. The number of H-pyrrole nitrogens is 2. The third-order valence-electron chi connectivity index (χ3n) is 4.19. The second-order valence-electron chi connectivity index (χ2n) is 5.77. The van der Waals surface area contributed by atoms with Crippen LogP contribution in [0.1, 0.15) is 12.5 Å². The van der Waals surface area contributed by atoms with Crippen LogP contribution in [0.15, 0.2) is 52.2 Å². The molecule has 0 amide bonds. The number of nitrogens with zero attached hydrogens (tertiary/aromatic N) is 1. The maximum atomic E-state index is 13.1. The highest BCUT2D eigenvalue weighted by atomic mass is 32.2. The molecule has 118 valence electrons. The predicted molar refractivity (Wildman–Crippen MR) is 88.2 cm³/mol. The molecule has 23 heavy (non-hydrogen) atoms. The second kappa shape index (κ2) is 4.73. The maximum Gasteiger partial charge on any atom is 0.323 e. The van der Waals surface area contributed by atoms with Gasteiger partial charge in [-0.25, -0.2) is 13.2 Å². The van der Waals surface area contributed by atoms with E-state index in [2.05, 4.69) is 9.97 Å². The third kappa shape index (κ3) is 2.08. The number of anilines is 1. The van der Waals surface area contributed by atoms with Gasteiger partial charge in [-0.1, -0.05) is 18.2 Å². The van der Waals surface area contributed by atoms with Gasteiger partial charge >= 0.3 is 5.69 Å². The zero-order chi connectivity index (χ0) is 16.2. The minimum Gasteiger partial charge on any atom is -0.306 e. The molecule has 0 bridgehead atoms. The maximum absolute atomic E-state index is 13.1. The van der Waals surface area contributed by atoms with Crippen LogP contribution in [0.3, 0.4) is 0 Å². The first-order valence-corrected chi connectivity index (χ1v) is 8.75. The number of aromatic nitrogens is 2. The molecule has 1 atom stereocenters. The summed E-state index contributed by atoms with van der Waals surface area (Å²) in [6, 6.07) is 12.0. The minimum absolute atomic E-state index is 0.140.